The zero-order valence-corrected chi connectivity index (χ0v) is 11.7. The number of hydrogen-bond acceptors (Lipinski definition) is 4. The van der Waals surface area contributed by atoms with E-state index in [1.807, 2.05) is 49.3 Å². The van der Waals surface area contributed by atoms with Gasteiger partial charge in [0, 0.05) is 32.2 Å². The van der Waals surface area contributed by atoms with E-state index in [-0.39, 0.29) is 0 Å². The van der Waals surface area contributed by atoms with Gasteiger partial charge in [-0.15, -0.1) is 0 Å². The van der Waals surface area contributed by atoms with E-state index in [2.05, 4.69) is 19.7 Å². The third-order valence-corrected chi connectivity index (χ3v) is 4.00. The van der Waals surface area contributed by atoms with Gasteiger partial charge in [0.05, 0.1) is 5.69 Å². The van der Waals surface area contributed by atoms with Crippen LogP contribution in [0.25, 0.3) is 5.65 Å². The fourth-order valence-corrected chi connectivity index (χ4v) is 2.89. The Labute approximate surface area is 115 Å². The van der Waals surface area contributed by atoms with E-state index in [1.165, 1.54) is 0 Å². The average Bonchev–Trinajstić information content (AvgIpc) is 2.96. The van der Waals surface area contributed by atoms with Crippen LogP contribution in [0.3, 0.4) is 0 Å². The molecule has 3 heterocycles. The number of imidazole rings is 2. The Morgan fingerprint density at radius 3 is 2.95 bits per heavy atom. The molecule has 3 rings (SSSR count). The van der Waals surface area contributed by atoms with Crippen LogP contribution in [0.2, 0.25) is 0 Å². The zero-order valence-electron chi connectivity index (χ0n) is 10.9. The fraction of sp³-hybridized carbons (Fsp3) is 0.231. The highest BCUT2D eigenvalue weighted by Gasteiger charge is 2.14. The number of rotatable bonds is 4. The molecule has 0 aliphatic heterocycles. The van der Waals surface area contributed by atoms with Crippen molar-refractivity contribution in [2.24, 2.45) is 7.05 Å². The molecule has 0 saturated heterocycles. The maximum Gasteiger partial charge on any atom is 0.174 e. The Bertz CT molecular complexity index is 700. The molecule has 3 aromatic rings. The third kappa shape index (κ3) is 2.24. The van der Waals surface area contributed by atoms with Gasteiger partial charge in [0.25, 0.3) is 0 Å². The Hall–Kier alpha value is -1.79. The molecule has 1 N–H and O–H groups in total. The standard InChI is InChI=1S/C13H15N5S/c1-14-9-10-12(19-13-15-6-8-17(13)2)16-11-5-3-4-7-18(10)11/h3-8,14H,9H2,1-2H3. The number of aromatic nitrogens is 4. The van der Waals surface area contributed by atoms with Crippen LogP contribution in [0.15, 0.2) is 47.0 Å². The van der Waals surface area contributed by atoms with E-state index in [1.54, 1.807) is 18.0 Å². The molecule has 0 aliphatic rings. The van der Waals surface area contributed by atoms with Gasteiger partial charge in [-0.05, 0) is 30.9 Å². The molecule has 0 atom stereocenters. The number of pyridine rings is 1. The molecule has 19 heavy (non-hydrogen) atoms. The van der Waals surface area contributed by atoms with Gasteiger partial charge < -0.3 is 14.3 Å². The topological polar surface area (TPSA) is 47.2 Å². The first-order valence-electron chi connectivity index (χ1n) is 6.05. The predicted octanol–water partition coefficient (Wildman–Crippen LogP) is 1.94. The largest absolute Gasteiger partial charge is 0.329 e. The van der Waals surface area contributed by atoms with Gasteiger partial charge in [-0.2, -0.15) is 0 Å². The molecule has 0 saturated carbocycles. The summed E-state index contributed by atoms with van der Waals surface area (Å²) in [5.41, 5.74) is 2.12. The number of hydrogen-bond donors (Lipinski definition) is 1. The molecule has 0 radical (unpaired) electrons. The van der Waals surface area contributed by atoms with Crippen molar-refractivity contribution < 1.29 is 0 Å². The van der Waals surface area contributed by atoms with Crippen LogP contribution in [-0.2, 0) is 13.6 Å². The van der Waals surface area contributed by atoms with Crippen molar-refractivity contribution in [1.82, 2.24) is 24.3 Å². The average molecular weight is 273 g/mol. The molecular formula is C13H15N5S. The summed E-state index contributed by atoms with van der Waals surface area (Å²) in [7, 11) is 3.93. The van der Waals surface area contributed by atoms with Crippen LogP contribution in [0, 0.1) is 0 Å². The van der Waals surface area contributed by atoms with Crippen molar-refractivity contribution in [1.29, 1.82) is 0 Å². The highest BCUT2D eigenvalue weighted by molar-refractivity contribution is 7.99. The van der Waals surface area contributed by atoms with Crippen LogP contribution in [0.1, 0.15) is 5.69 Å². The minimum absolute atomic E-state index is 0.776. The quantitative estimate of drug-likeness (QED) is 0.789. The summed E-state index contributed by atoms with van der Waals surface area (Å²) < 4.78 is 4.11. The number of nitrogens with one attached hydrogen (secondary N) is 1. The second-order valence-electron chi connectivity index (χ2n) is 4.25. The van der Waals surface area contributed by atoms with Crippen molar-refractivity contribution in [3.8, 4) is 0 Å². The normalized spacial score (nSPS) is 11.3. The van der Waals surface area contributed by atoms with E-state index in [0.29, 0.717) is 0 Å². The smallest absolute Gasteiger partial charge is 0.174 e. The van der Waals surface area contributed by atoms with E-state index in [4.69, 9.17) is 0 Å². The number of nitrogens with zero attached hydrogens (tertiary/aromatic N) is 4. The van der Waals surface area contributed by atoms with Crippen LogP contribution < -0.4 is 5.32 Å². The van der Waals surface area contributed by atoms with Gasteiger partial charge in [0.1, 0.15) is 10.7 Å². The van der Waals surface area contributed by atoms with Crippen molar-refractivity contribution >= 4 is 17.4 Å². The highest BCUT2D eigenvalue weighted by atomic mass is 32.2. The molecule has 5 nitrogen and oxygen atoms in total. The van der Waals surface area contributed by atoms with Gasteiger partial charge in [0.15, 0.2) is 5.16 Å². The van der Waals surface area contributed by atoms with Crippen LogP contribution in [0.5, 0.6) is 0 Å². The van der Waals surface area contributed by atoms with Crippen LogP contribution in [0.4, 0.5) is 0 Å². The summed E-state index contributed by atoms with van der Waals surface area (Å²) in [6.07, 6.45) is 5.78. The highest BCUT2D eigenvalue weighted by Crippen LogP contribution is 2.29. The number of fused-ring (bicyclic) bond motifs is 1. The summed E-state index contributed by atoms with van der Waals surface area (Å²) in [4.78, 5) is 9.02. The first-order chi connectivity index (χ1) is 9.29. The van der Waals surface area contributed by atoms with Crippen molar-refractivity contribution in [2.45, 2.75) is 16.7 Å². The number of aryl methyl sites for hydroxylation is 1. The first kappa shape index (κ1) is 12.3. The SMILES string of the molecule is CNCc1c(Sc2nccn2C)nc2ccccn12. The summed E-state index contributed by atoms with van der Waals surface area (Å²) in [6, 6.07) is 6.03. The first-order valence-corrected chi connectivity index (χ1v) is 6.87. The van der Waals surface area contributed by atoms with E-state index in [9.17, 15) is 0 Å². The molecule has 0 amide bonds. The van der Waals surface area contributed by atoms with E-state index >= 15 is 0 Å². The Kier molecular flexibility index (Phi) is 3.27. The van der Waals surface area contributed by atoms with Gasteiger partial charge in [-0.25, -0.2) is 9.97 Å². The minimum atomic E-state index is 0.776. The van der Waals surface area contributed by atoms with Crippen molar-refractivity contribution in [3.63, 3.8) is 0 Å². The second kappa shape index (κ2) is 5.07. The molecule has 0 spiro atoms. The van der Waals surface area contributed by atoms with Gasteiger partial charge >= 0.3 is 0 Å². The lowest BCUT2D eigenvalue weighted by atomic mass is 10.4. The molecule has 0 bridgehead atoms. The van der Waals surface area contributed by atoms with E-state index < -0.39 is 0 Å². The second-order valence-corrected chi connectivity index (χ2v) is 5.20. The Balaban J connectivity index is 2.07. The Morgan fingerprint density at radius 1 is 1.32 bits per heavy atom. The molecular weight excluding hydrogens is 258 g/mol. The van der Waals surface area contributed by atoms with E-state index in [0.717, 1.165) is 28.1 Å². The molecule has 0 unspecified atom stereocenters. The summed E-state index contributed by atoms with van der Waals surface area (Å²) in [5.74, 6) is 0. The van der Waals surface area contributed by atoms with Crippen molar-refractivity contribution in [2.75, 3.05) is 7.05 Å². The van der Waals surface area contributed by atoms with Crippen LogP contribution in [-0.4, -0.2) is 26.0 Å². The monoisotopic (exact) mass is 273 g/mol. The molecule has 0 aliphatic carbocycles. The molecule has 3 aromatic heterocycles. The maximum absolute atomic E-state index is 4.68. The lowest BCUT2D eigenvalue weighted by Crippen LogP contribution is -2.08. The maximum atomic E-state index is 4.68. The van der Waals surface area contributed by atoms with Gasteiger partial charge in [-0.3, -0.25) is 0 Å². The summed E-state index contributed by atoms with van der Waals surface area (Å²) in [5, 5.41) is 5.14. The van der Waals surface area contributed by atoms with Gasteiger partial charge in [0.2, 0.25) is 0 Å². The predicted molar refractivity (Wildman–Crippen MR) is 75.3 cm³/mol. The molecule has 0 aromatic carbocycles. The minimum Gasteiger partial charge on any atom is -0.329 e. The fourth-order valence-electron chi connectivity index (χ4n) is 1.97. The Morgan fingerprint density at radius 2 is 2.21 bits per heavy atom. The lowest BCUT2D eigenvalue weighted by molar-refractivity contribution is 0.759. The summed E-state index contributed by atoms with van der Waals surface area (Å²) >= 11 is 1.59. The molecule has 0 fully saturated rings. The van der Waals surface area contributed by atoms with Crippen LogP contribution >= 0.6 is 11.8 Å². The molecule has 6 heteroatoms. The molecule has 98 valence electrons. The van der Waals surface area contributed by atoms with Gasteiger partial charge in [-0.1, -0.05) is 6.07 Å². The van der Waals surface area contributed by atoms with Crippen molar-refractivity contribution in [3.05, 3.63) is 42.5 Å². The summed E-state index contributed by atoms with van der Waals surface area (Å²) in [6.45, 7) is 0.776. The lowest BCUT2D eigenvalue weighted by Gasteiger charge is -2.04. The third-order valence-electron chi connectivity index (χ3n) is 2.90. The zero-order chi connectivity index (χ0) is 13.2.